The van der Waals surface area contributed by atoms with Crippen molar-refractivity contribution in [3.8, 4) is 0 Å². The molecular weight excluding hydrogens is 422 g/mol. The average Bonchev–Trinajstić information content (AvgIpc) is 2.82. The standard InChI is InChI=1S/C30H47NO3/c1-5-6-7-8-9-10-11-12-13-16-23-31-29(32)27-20-14-15-21-28(27)30(33)34-24-22-26(4)19-17-18-25(2)3/h14-15,18,20-22H,5-13,16-17,19,23-24H2,1-4H3,(H,31,32). The first-order chi connectivity index (χ1) is 16.5. The van der Waals surface area contributed by atoms with Crippen molar-refractivity contribution in [3.63, 3.8) is 0 Å². The highest BCUT2D eigenvalue weighted by Crippen LogP contribution is 2.13. The summed E-state index contributed by atoms with van der Waals surface area (Å²) in [5.41, 5.74) is 3.19. The molecule has 0 fully saturated rings. The Balaban J connectivity index is 2.34. The van der Waals surface area contributed by atoms with Crippen LogP contribution in [0.5, 0.6) is 0 Å². The summed E-state index contributed by atoms with van der Waals surface area (Å²) < 4.78 is 5.42. The molecule has 190 valence electrons. The van der Waals surface area contributed by atoms with E-state index in [1.807, 2.05) is 13.0 Å². The molecule has 1 N–H and O–H groups in total. The van der Waals surface area contributed by atoms with E-state index in [1.54, 1.807) is 24.3 Å². The van der Waals surface area contributed by atoms with Gasteiger partial charge < -0.3 is 10.1 Å². The van der Waals surface area contributed by atoms with Crippen LogP contribution in [0.3, 0.4) is 0 Å². The lowest BCUT2D eigenvalue weighted by molar-refractivity contribution is 0.0545. The zero-order valence-corrected chi connectivity index (χ0v) is 22.1. The quantitative estimate of drug-likeness (QED) is 0.134. The average molecular weight is 470 g/mol. The van der Waals surface area contributed by atoms with Crippen molar-refractivity contribution < 1.29 is 14.3 Å². The molecule has 0 bridgehead atoms. The van der Waals surface area contributed by atoms with Crippen LogP contribution in [0, 0.1) is 0 Å². The number of unbranched alkanes of at least 4 members (excludes halogenated alkanes) is 9. The van der Waals surface area contributed by atoms with Crippen molar-refractivity contribution in [2.45, 2.75) is 105 Å². The fraction of sp³-hybridized carbons (Fsp3) is 0.600. The van der Waals surface area contributed by atoms with Crippen LogP contribution in [0.25, 0.3) is 0 Å². The van der Waals surface area contributed by atoms with Crippen molar-refractivity contribution in [1.82, 2.24) is 5.32 Å². The van der Waals surface area contributed by atoms with Crippen molar-refractivity contribution in [2.75, 3.05) is 13.2 Å². The lowest BCUT2D eigenvalue weighted by atomic mass is 10.1. The summed E-state index contributed by atoms with van der Waals surface area (Å²) in [7, 11) is 0. The van der Waals surface area contributed by atoms with Gasteiger partial charge >= 0.3 is 5.97 Å². The van der Waals surface area contributed by atoms with E-state index >= 15 is 0 Å². The van der Waals surface area contributed by atoms with Crippen LogP contribution in [-0.4, -0.2) is 25.0 Å². The largest absolute Gasteiger partial charge is 0.458 e. The first kappa shape index (κ1) is 29.7. The van der Waals surface area contributed by atoms with Crippen molar-refractivity contribution >= 4 is 11.9 Å². The molecule has 0 atom stereocenters. The molecule has 0 heterocycles. The predicted molar refractivity (Wildman–Crippen MR) is 143 cm³/mol. The molecule has 0 spiro atoms. The highest BCUT2D eigenvalue weighted by Gasteiger charge is 2.17. The molecule has 0 radical (unpaired) electrons. The molecule has 4 nitrogen and oxygen atoms in total. The molecular formula is C30H47NO3. The lowest BCUT2D eigenvalue weighted by Crippen LogP contribution is -2.26. The third-order valence-corrected chi connectivity index (χ3v) is 5.94. The van der Waals surface area contributed by atoms with Crippen LogP contribution >= 0.6 is 0 Å². The molecule has 4 heteroatoms. The maximum atomic E-state index is 12.6. The summed E-state index contributed by atoms with van der Waals surface area (Å²) in [5.74, 6) is -0.671. The second-order valence-electron chi connectivity index (χ2n) is 9.45. The Morgan fingerprint density at radius 1 is 0.824 bits per heavy atom. The molecule has 34 heavy (non-hydrogen) atoms. The van der Waals surface area contributed by atoms with Crippen LogP contribution < -0.4 is 5.32 Å². The lowest BCUT2D eigenvalue weighted by Gasteiger charge is -2.10. The van der Waals surface area contributed by atoms with E-state index in [0.717, 1.165) is 25.7 Å². The molecule has 0 saturated heterocycles. The van der Waals surface area contributed by atoms with Crippen LogP contribution in [0.4, 0.5) is 0 Å². The number of allylic oxidation sites excluding steroid dienone is 3. The molecule has 1 aromatic rings. The number of hydrogen-bond acceptors (Lipinski definition) is 3. The molecule has 0 aliphatic carbocycles. The Labute approximate surface area is 208 Å². The Kier molecular flexibility index (Phi) is 16.6. The molecule has 0 aliphatic rings. The van der Waals surface area contributed by atoms with E-state index in [1.165, 1.54) is 62.5 Å². The first-order valence-electron chi connectivity index (χ1n) is 13.3. The highest BCUT2D eigenvalue weighted by atomic mass is 16.5. The second kappa shape index (κ2) is 19.0. The molecule has 0 aromatic heterocycles. The third-order valence-electron chi connectivity index (χ3n) is 5.94. The summed E-state index contributed by atoms with van der Waals surface area (Å²) in [4.78, 5) is 25.2. The zero-order chi connectivity index (χ0) is 25.0. The Morgan fingerprint density at radius 3 is 2.03 bits per heavy atom. The van der Waals surface area contributed by atoms with E-state index in [2.05, 4.69) is 32.2 Å². The highest BCUT2D eigenvalue weighted by molar-refractivity contribution is 6.05. The van der Waals surface area contributed by atoms with Gasteiger partial charge in [-0.15, -0.1) is 0 Å². The minimum Gasteiger partial charge on any atom is -0.458 e. The third kappa shape index (κ3) is 14.0. The molecule has 1 aromatic carbocycles. The monoisotopic (exact) mass is 469 g/mol. The number of amides is 1. The second-order valence-corrected chi connectivity index (χ2v) is 9.45. The van der Waals surface area contributed by atoms with Gasteiger partial charge in [0.15, 0.2) is 0 Å². The number of carbonyl (C=O) groups excluding carboxylic acids is 2. The minimum atomic E-state index is -0.460. The Bertz CT molecular complexity index is 775. The molecule has 1 rings (SSSR count). The van der Waals surface area contributed by atoms with Crippen LogP contribution in [0.2, 0.25) is 0 Å². The van der Waals surface area contributed by atoms with Crippen molar-refractivity contribution in [2.24, 2.45) is 0 Å². The van der Waals surface area contributed by atoms with Crippen molar-refractivity contribution in [3.05, 3.63) is 58.7 Å². The summed E-state index contributed by atoms with van der Waals surface area (Å²) in [5, 5.41) is 2.96. The number of benzene rings is 1. The van der Waals surface area contributed by atoms with Gasteiger partial charge in [-0.3, -0.25) is 4.79 Å². The summed E-state index contributed by atoms with van der Waals surface area (Å²) in [6, 6.07) is 6.88. The van der Waals surface area contributed by atoms with Gasteiger partial charge in [-0.25, -0.2) is 4.79 Å². The molecule has 0 saturated carbocycles. The summed E-state index contributed by atoms with van der Waals surface area (Å²) >= 11 is 0. The first-order valence-corrected chi connectivity index (χ1v) is 13.3. The van der Waals surface area contributed by atoms with Gasteiger partial charge in [0.25, 0.3) is 5.91 Å². The smallest absolute Gasteiger partial charge is 0.339 e. The van der Waals surface area contributed by atoms with Gasteiger partial charge in [-0.05, 0) is 58.2 Å². The van der Waals surface area contributed by atoms with Gasteiger partial charge in [0.05, 0.1) is 11.1 Å². The predicted octanol–water partition coefficient (Wildman–Crippen LogP) is 8.19. The van der Waals surface area contributed by atoms with Crippen molar-refractivity contribution in [1.29, 1.82) is 0 Å². The number of carbonyl (C=O) groups is 2. The van der Waals surface area contributed by atoms with Crippen LogP contribution in [0.1, 0.15) is 125 Å². The van der Waals surface area contributed by atoms with E-state index in [-0.39, 0.29) is 12.5 Å². The minimum absolute atomic E-state index is 0.211. The van der Waals surface area contributed by atoms with Gasteiger partial charge in [-0.2, -0.15) is 0 Å². The fourth-order valence-corrected chi connectivity index (χ4v) is 3.80. The maximum absolute atomic E-state index is 12.6. The number of ether oxygens (including phenoxy) is 1. The molecule has 0 aliphatic heterocycles. The maximum Gasteiger partial charge on any atom is 0.339 e. The number of hydrogen-bond donors (Lipinski definition) is 1. The topological polar surface area (TPSA) is 55.4 Å². The van der Waals surface area contributed by atoms with Crippen LogP contribution in [0.15, 0.2) is 47.6 Å². The SMILES string of the molecule is CCCCCCCCCCCCNC(=O)c1ccccc1C(=O)OCC=C(C)CCC=C(C)C. The van der Waals surface area contributed by atoms with E-state index in [9.17, 15) is 9.59 Å². The Morgan fingerprint density at radius 2 is 1.41 bits per heavy atom. The van der Waals surface area contributed by atoms with Gasteiger partial charge in [0.1, 0.15) is 6.61 Å². The normalized spacial score (nSPS) is 11.2. The van der Waals surface area contributed by atoms with E-state index in [4.69, 9.17) is 4.74 Å². The Hall–Kier alpha value is -2.36. The zero-order valence-electron chi connectivity index (χ0n) is 22.1. The van der Waals surface area contributed by atoms with E-state index in [0.29, 0.717) is 17.7 Å². The number of esters is 1. The fourth-order valence-electron chi connectivity index (χ4n) is 3.80. The van der Waals surface area contributed by atoms with Gasteiger partial charge in [-0.1, -0.05) is 94.1 Å². The van der Waals surface area contributed by atoms with E-state index < -0.39 is 5.97 Å². The molecule has 0 unspecified atom stereocenters. The molecule has 1 amide bonds. The summed E-state index contributed by atoms with van der Waals surface area (Å²) in [6.07, 6.45) is 18.7. The number of rotatable bonds is 18. The van der Waals surface area contributed by atoms with Gasteiger partial charge in [0, 0.05) is 6.54 Å². The number of nitrogens with one attached hydrogen (secondary N) is 1. The summed E-state index contributed by atoms with van der Waals surface area (Å²) in [6.45, 7) is 9.32. The van der Waals surface area contributed by atoms with Crippen LogP contribution in [-0.2, 0) is 4.74 Å². The van der Waals surface area contributed by atoms with Gasteiger partial charge in [0.2, 0.25) is 0 Å².